The van der Waals surface area contributed by atoms with Crippen LogP contribution in [0.3, 0.4) is 0 Å². The lowest BCUT2D eigenvalue weighted by molar-refractivity contribution is 0.00669. The van der Waals surface area contributed by atoms with Crippen molar-refractivity contribution in [3.05, 3.63) is 102 Å². The fraction of sp³-hybridized carbons (Fsp3) is 0.410. The molecule has 5 heteroatoms. The Hall–Kier alpha value is -3.59. The maximum Gasteiger partial charge on any atom is 0.342 e. The van der Waals surface area contributed by atoms with Gasteiger partial charge in [-0.15, -0.1) is 5.92 Å². The number of carbonyl (C=O) groups is 1. The lowest BCUT2D eigenvalue weighted by Crippen LogP contribution is -2.67. The van der Waals surface area contributed by atoms with Gasteiger partial charge in [-0.25, -0.2) is 4.79 Å². The molecular weight excluding hydrogens is 561 g/mol. The number of hydrogen-bond donors (Lipinski definition) is 0. The third-order valence-corrected chi connectivity index (χ3v) is 13.1. The molecule has 0 unspecified atom stereocenters. The molecule has 2 atom stereocenters. The van der Waals surface area contributed by atoms with Crippen molar-refractivity contribution < 1.29 is 18.4 Å². The van der Waals surface area contributed by atoms with Gasteiger partial charge in [-0.1, -0.05) is 105 Å². The van der Waals surface area contributed by atoms with Crippen LogP contribution in [0.4, 0.5) is 0 Å². The predicted octanol–water partition coefficient (Wildman–Crippen LogP) is 8.51. The van der Waals surface area contributed by atoms with Gasteiger partial charge >= 0.3 is 5.97 Å². The van der Waals surface area contributed by atoms with Crippen molar-refractivity contribution in [1.82, 2.24) is 0 Å². The first kappa shape index (κ1) is 33.3. The Bertz CT molecular complexity index is 1500. The lowest BCUT2D eigenvalue weighted by atomic mass is 9.91. The van der Waals surface area contributed by atoms with Crippen molar-refractivity contribution in [3.63, 3.8) is 0 Å². The Morgan fingerprint density at radius 2 is 1.55 bits per heavy atom. The summed E-state index contributed by atoms with van der Waals surface area (Å²) in [6.45, 7) is 20.9. The fourth-order valence-corrected chi connectivity index (χ4v) is 10.6. The molecule has 1 aliphatic heterocycles. The van der Waals surface area contributed by atoms with Crippen molar-refractivity contribution in [2.75, 3.05) is 0 Å². The van der Waals surface area contributed by atoms with Crippen molar-refractivity contribution >= 4 is 30.7 Å². The molecular formula is C39H48O4Si. The van der Waals surface area contributed by atoms with Gasteiger partial charge in [0.05, 0.1) is 0 Å². The monoisotopic (exact) mass is 608 g/mol. The van der Waals surface area contributed by atoms with E-state index in [4.69, 9.17) is 13.6 Å². The smallest absolute Gasteiger partial charge is 0.342 e. The van der Waals surface area contributed by atoms with Gasteiger partial charge in [0.1, 0.15) is 28.8 Å². The molecule has 0 saturated carbocycles. The molecule has 0 saturated heterocycles. The first-order chi connectivity index (χ1) is 20.7. The highest BCUT2D eigenvalue weighted by Gasteiger charge is 2.51. The summed E-state index contributed by atoms with van der Waals surface area (Å²) in [6.07, 6.45) is 4.36. The minimum Gasteiger partial charge on any atom is -0.461 e. The minimum atomic E-state index is -2.82. The van der Waals surface area contributed by atoms with Gasteiger partial charge in [0.25, 0.3) is 8.32 Å². The molecule has 1 aromatic heterocycles. The van der Waals surface area contributed by atoms with E-state index in [-0.39, 0.29) is 23.0 Å². The van der Waals surface area contributed by atoms with Gasteiger partial charge in [-0.3, -0.25) is 0 Å². The number of carbonyl (C=O) groups excluding carboxylic acids is 1. The van der Waals surface area contributed by atoms with Crippen LogP contribution in [0, 0.1) is 17.8 Å². The van der Waals surface area contributed by atoms with Crippen molar-refractivity contribution in [2.24, 2.45) is 5.92 Å². The number of furan rings is 1. The molecule has 2 heterocycles. The highest BCUT2D eigenvalue weighted by Crippen LogP contribution is 2.38. The summed E-state index contributed by atoms with van der Waals surface area (Å²) in [7, 11) is -2.82. The van der Waals surface area contributed by atoms with Crippen LogP contribution in [0.15, 0.2) is 88.9 Å². The normalized spacial score (nSPS) is 19.2. The van der Waals surface area contributed by atoms with Crippen LogP contribution in [-0.2, 0) is 15.6 Å². The van der Waals surface area contributed by atoms with Gasteiger partial charge < -0.3 is 13.6 Å². The largest absolute Gasteiger partial charge is 0.461 e. The first-order valence-corrected chi connectivity index (χ1v) is 17.6. The van der Waals surface area contributed by atoms with Crippen LogP contribution in [0.1, 0.15) is 96.5 Å². The molecule has 1 aliphatic rings. The van der Waals surface area contributed by atoms with E-state index in [0.29, 0.717) is 36.3 Å². The number of hydrogen-bond acceptors (Lipinski definition) is 4. The third-order valence-electron chi connectivity index (χ3n) is 8.09. The van der Waals surface area contributed by atoms with Gasteiger partial charge in [-0.05, 0) is 74.5 Å². The number of esters is 1. The highest BCUT2D eigenvalue weighted by molar-refractivity contribution is 6.99. The molecule has 232 valence electrons. The Kier molecular flexibility index (Phi) is 10.3. The maximum atomic E-state index is 13.2. The molecule has 0 N–H and O–H groups in total. The van der Waals surface area contributed by atoms with Crippen LogP contribution in [0.5, 0.6) is 0 Å². The van der Waals surface area contributed by atoms with E-state index in [0.717, 1.165) is 17.6 Å². The zero-order valence-electron chi connectivity index (χ0n) is 27.8. The minimum absolute atomic E-state index is 0.117. The van der Waals surface area contributed by atoms with E-state index in [1.807, 2.05) is 39.8 Å². The molecule has 0 fully saturated rings. The van der Waals surface area contributed by atoms with Crippen LogP contribution in [-0.4, -0.2) is 26.0 Å². The summed E-state index contributed by atoms with van der Waals surface area (Å²) < 4.78 is 19.6. The highest BCUT2D eigenvalue weighted by atomic mass is 28.4. The number of allylic oxidation sites excluding steroid dienone is 1. The second kappa shape index (κ2) is 13.6. The van der Waals surface area contributed by atoms with Gasteiger partial charge in [0, 0.05) is 19.3 Å². The summed E-state index contributed by atoms with van der Waals surface area (Å²) in [5.74, 6) is 8.06. The van der Waals surface area contributed by atoms with Gasteiger partial charge in [0.15, 0.2) is 0 Å². The van der Waals surface area contributed by atoms with Crippen molar-refractivity contribution in [3.8, 4) is 11.8 Å². The van der Waals surface area contributed by atoms with Gasteiger partial charge in [0.2, 0.25) is 0 Å². The predicted molar refractivity (Wildman–Crippen MR) is 184 cm³/mol. The Labute approximate surface area is 265 Å². The van der Waals surface area contributed by atoms with E-state index in [1.54, 1.807) is 0 Å². The lowest BCUT2D eigenvalue weighted by Gasteiger charge is -2.44. The second-order valence-electron chi connectivity index (χ2n) is 14.1. The van der Waals surface area contributed by atoms with Crippen molar-refractivity contribution in [2.45, 2.75) is 97.8 Å². The van der Waals surface area contributed by atoms with E-state index in [1.165, 1.54) is 10.4 Å². The standard InChI is InChI=1S/C39H48O4Si/c1-28(2)30-18-16-17-19-31(24-29(3)25-32-27-35(36(26-30)41-32)37(40)42-38(4,5)6)43-44(39(7,8)9,33-20-12-10-13-21-33)34-22-14-11-15-23-34/h10-15,20-23,25,27,30-31H,1,16,18,24,26H2,2-9H3/b29-25-/t30-,31+/m0/s1. The van der Waals surface area contributed by atoms with Crippen LogP contribution < -0.4 is 10.4 Å². The molecule has 4 rings (SSSR count). The Morgan fingerprint density at radius 1 is 0.955 bits per heavy atom. The number of ether oxygens (including phenoxy) is 1. The van der Waals surface area contributed by atoms with Crippen molar-refractivity contribution in [1.29, 1.82) is 0 Å². The number of fused-ring (bicyclic) bond motifs is 2. The Balaban J connectivity index is 1.81. The number of benzene rings is 2. The van der Waals surface area contributed by atoms with Crippen LogP contribution in [0.2, 0.25) is 5.04 Å². The topological polar surface area (TPSA) is 48.7 Å². The van der Waals surface area contributed by atoms with E-state index >= 15 is 0 Å². The van der Waals surface area contributed by atoms with Crippen LogP contribution in [0.25, 0.3) is 6.08 Å². The molecule has 2 aromatic carbocycles. The van der Waals surface area contributed by atoms with E-state index in [9.17, 15) is 4.79 Å². The average molecular weight is 609 g/mol. The fourth-order valence-electron chi connectivity index (χ4n) is 5.98. The molecule has 0 aliphatic carbocycles. The van der Waals surface area contributed by atoms with Crippen LogP contribution >= 0.6 is 0 Å². The molecule has 2 bridgehead atoms. The third kappa shape index (κ3) is 7.91. The SMILES string of the molecule is C=C(C)[C@H]1CCC#C[C@@H](O[Si](c2ccccc2)(c2ccccc2)C(C)(C)C)C/C(C)=C\c2cc(C(=O)OC(C)(C)C)c(o2)C1. The summed E-state index contributed by atoms with van der Waals surface area (Å²) in [4.78, 5) is 13.2. The quantitative estimate of drug-likeness (QED) is 0.122. The molecule has 44 heavy (non-hydrogen) atoms. The summed E-state index contributed by atoms with van der Waals surface area (Å²) in [6, 6.07) is 23.2. The first-order valence-electron chi connectivity index (χ1n) is 15.7. The Morgan fingerprint density at radius 3 is 2.07 bits per heavy atom. The van der Waals surface area contributed by atoms with Gasteiger partial charge in [-0.2, -0.15) is 0 Å². The number of rotatable bonds is 6. The second-order valence-corrected chi connectivity index (χ2v) is 18.3. The molecule has 0 spiro atoms. The summed E-state index contributed by atoms with van der Waals surface area (Å²) in [5, 5.41) is 2.29. The summed E-state index contributed by atoms with van der Waals surface area (Å²) >= 11 is 0. The summed E-state index contributed by atoms with van der Waals surface area (Å²) in [5.41, 5.74) is 1.98. The molecule has 4 nitrogen and oxygen atoms in total. The maximum absolute atomic E-state index is 13.2. The molecule has 0 amide bonds. The molecule has 3 aromatic rings. The van der Waals surface area contributed by atoms with E-state index < -0.39 is 13.9 Å². The zero-order chi connectivity index (χ0) is 32.1. The average Bonchev–Trinajstić information content (AvgIpc) is 3.34. The zero-order valence-corrected chi connectivity index (χ0v) is 28.8. The molecule has 0 radical (unpaired) electrons. The van der Waals surface area contributed by atoms with E-state index in [2.05, 4.69) is 107 Å².